The molecule has 1 aromatic carbocycles. The van der Waals surface area contributed by atoms with Gasteiger partial charge in [0.2, 0.25) is 0 Å². The third kappa shape index (κ3) is 3.87. The summed E-state index contributed by atoms with van der Waals surface area (Å²) in [7, 11) is 1.31. The number of carbonyl (C=O) groups is 2. The molecule has 0 saturated carbocycles. The highest BCUT2D eigenvalue weighted by Gasteiger charge is 2.27. The molecule has 0 radical (unpaired) electrons. The van der Waals surface area contributed by atoms with Gasteiger partial charge < -0.3 is 9.47 Å². The van der Waals surface area contributed by atoms with Crippen molar-refractivity contribution in [2.75, 3.05) is 12.4 Å². The SMILES string of the molecule is COC(=O)Nc1ccc2c(c1)CN(C(=O)OC(C)(C)C)C2. The first-order valence-corrected chi connectivity index (χ1v) is 6.73. The van der Waals surface area contributed by atoms with Crippen molar-refractivity contribution in [3.8, 4) is 0 Å². The molecule has 6 heteroatoms. The Bertz CT molecular complexity index is 563. The van der Waals surface area contributed by atoms with Gasteiger partial charge in [0.15, 0.2) is 0 Å². The summed E-state index contributed by atoms with van der Waals surface area (Å²) in [5.74, 6) is 0. The fourth-order valence-corrected chi connectivity index (χ4v) is 2.10. The summed E-state index contributed by atoms with van der Waals surface area (Å²) in [4.78, 5) is 24.9. The van der Waals surface area contributed by atoms with E-state index >= 15 is 0 Å². The molecule has 0 atom stereocenters. The van der Waals surface area contributed by atoms with Crippen molar-refractivity contribution in [1.82, 2.24) is 4.90 Å². The van der Waals surface area contributed by atoms with E-state index in [2.05, 4.69) is 10.1 Å². The van der Waals surface area contributed by atoms with Crippen molar-refractivity contribution in [3.05, 3.63) is 29.3 Å². The summed E-state index contributed by atoms with van der Waals surface area (Å²) in [5.41, 5.74) is 2.18. The number of benzene rings is 1. The topological polar surface area (TPSA) is 67.9 Å². The number of fused-ring (bicyclic) bond motifs is 1. The summed E-state index contributed by atoms with van der Waals surface area (Å²) in [6.07, 6.45) is -0.849. The second-order valence-corrected chi connectivity index (χ2v) is 5.94. The number of anilines is 1. The molecule has 0 unspecified atom stereocenters. The molecule has 1 heterocycles. The third-order valence-corrected chi connectivity index (χ3v) is 3.01. The molecule has 0 fully saturated rings. The van der Waals surface area contributed by atoms with Crippen LogP contribution in [0.4, 0.5) is 15.3 Å². The second-order valence-electron chi connectivity index (χ2n) is 5.94. The van der Waals surface area contributed by atoms with Crippen LogP contribution in [0.1, 0.15) is 31.9 Å². The zero-order valence-corrected chi connectivity index (χ0v) is 12.7. The molecule has 21 heavy (non-hydrogen) atoms. The second kappa shape index (κ2) is 5.63. The molecule has 0 aromatic heterocycles. The Morgan fingerprint density at radius 2 is 1.86 bits per heavy atom. The Balaban J connectivity index is 2.05. The van der Waals surface area contributed by atoms with Gasteiger partial charge in [-0.05, 0) is 44.0 Å². The lowest BCUT2D eigenvalue weighted by Gasteiger charge is -2.24. The minimum atomic E-state index is -0.517. The lowest BCUT2D eigenvalue weighted by Crippen LogP contribution is -2.33. The molecule has 1 aliphatic heterocycles. The summed E-state index contributed by atoms with van der Waals surface area (Å²) in [5, 5.41) is 2.61. The average Bonchev–Trinajstić information content (AvgIpc) is 2.79. The predicted molar refractivity (Wildman–Crippen MR) is 78.0 cm³/mol. The number of methoxy groups -OCH3 is 1. The molecule has 114 valence electrons. The van der Waals surface area contributed by atoms with E-state index in [0.717, 1.165) is 11.1 Å². The molecule has 6 nitrogen and oxygen atoms in total. The minimum Gasteiger partial charge on any atom is -0.453 e. The van der Waals surface area contributed by atoms with Crippen molar-refractivity contribution in [2.45, 2.75) is 39.5 Å². The highest BCUT2D eigenvalue weighted by molar-refractivity contribution is 5.84. The van der Waals surface area contributed by atoms with Crippen LogP contribution >= 0.6 is 0 Å². The van der Waals surface area contributed by atoms with E-state index < -0.39 is 11.7 Å². The van der Waals surface area contributed by atoms with E-state index in [1.54, 1.807) is 11.0 Å². The van der Waals surface area contributed by atoms with Crippen molar-refractivity contribution in [2.24, 2.45) is 0 Å². The van der Waals surface area contributed by atoms with Crippen LogP contribution in [0.15, 0.2) is 18.2 Å². The minimum absolute atomic E-state index is 0.332. The van der Waals surface area contributed by atoms with Crippen molar-refractivity contribution >= 4 is 17.9 Å². The Kier molecular flexibility index (Phi) is 4.06. The number of amides is 2. The van der Waals surface area contributed by atoms with Gasteiger partial charge in [-0.2, -0.15) is 0 Å². The van der Waals surface area contributed by atoms with Gasteiger partial charge in [0, 0.05) is 18.8 Å². The van der Waals surface area contributed by atoms with Crippen LogP contribution in [0, 0.1) is 0 Å². The molecule has 0 aliphatic carbocycles. The van der Waals surface area contributed by atoms with Gasteiger partial charge in [-0.25, -0.2) is 9.59 Å². The van der Waals surface area contributed by atoms with Crippen LogP contribution in [0.2, 0.25) is 0 Å². The molecule has 0 saturated heterocycles. The number of rotatable bonds is 1. The first kappa shape index (κ1) is 15.2. The Morgan fingerprint density at radius 1 is 1.19 bits per heavy atom. The summed E-state index contributed by atoms with van der Waals surface area (Å²) >= 11 is 0. The van der Waals surface area contributed by atoms with E-state index in [9.17, 15) is 9.59 Å². The molecule has 0 spiro atoms. The van der Waals surface area contributed by atoms with Gasteiger partial charge in [-0.3, -0.25) is 10.2 Å². The molecule has 1 aliphatic rings. The van der Waals surface area contributed by atoms with Crippen LogP contribution in [-0.4, -0.2) is 29.8 Å². The molecular formula is C15H20N2O4. The van der Waals surface area contributed by atoms with Crippen molar-refractivity contribution in [1.29, 1.82) is 0 Å². The largest absolute Gasteiger partial charge is 0.453 e. The van der Waals surface area contributed by atoms with E-state index in [1.165, 1.54) is 7.11 Å². The maximum absolute atomic E-state index is 12.1. The van der Waals surface area contributed by atoms with Gasteiger partial charge in [0.05, 0.1) is 7.11 Å². The van der Waals surface area contributed by atoms with Crippen LogP contribution in [0.3, 0.4) is 0 Å². The molecule has 2 amide bonds. The normalized spacial score (nSPS) is 13.6. The number of hydrogen-bond donors (Lipinski definition) is 1. The number of carbonyl (C=O) groups excluding carboxylic acids is 2. The van der Waals surface area contributed by atoms with Gasteiger partial charge in [-0.1, -0.05) is 6.07 Å². The highest BCUT2D eigenvalue weighted by atomic mass is 16.6. The summed E-state index contributed by atoms with van der Waals surface area (Å²) < 4.78 is 9.92. The van der Waals surface area contributed by atoms with Crippen molar-refractivity contribution < 1.29 is 19.1 Å². The maximum atomic E-state index is 12.1. The fourth-order valence-electron chi connectivity index (χ4n) is 2.10. The van der Waals surface area contributed by atoms with Gasteiger partial charge in [0.25, 0.3) is 0 Å². The summed E-state index contributed by atoms with van der Waals surface area (Å²) in [6, 6.07) is 5.52. The molecule has 0 bridgehead atoms. The van der Waals surface area contributed by atoms with Crippen molar-refractivity contribution in [3.63, 3.8) is 0 Å². The number of nitrogens with zero attached hydrogens (tertiary/aromatic N) is 1. The number of ether oxygens (including phenoxy) is 2. The number of nitrogens with one attached hydrogen (secondary N) is 1. The van der Waals surface area contributed by atoms with Gasteiger partial charge in [-0.15, -0.1) is 0 Å². The monoisotopic (exact) mass is 292 g/mol. The Morgan fingerprint density at radius 3 is 2.48 bits per heavy atom. The van der Waals surface area contributed by atoms with Crippen LogP contribution < -0.4 is 5.32 Å². The molecule has 1 aromatic rings. The van der Waals surface area contributed by atoms with Gasteiger partial charge in [0.1, 0.15) is 5.60 Å². The maximum Gasteiger partial charge on any atom is 0.411 e. The zero-order chi connectivity index (χ0) is 15.6. The van der Waals surface area contributed by atoms with E-state index in [-0.39, 0.29) is 6.09 Å². The summed E-state index contributed by atoms with van der Waals surface area (Å²) in [6.45, 7) is 6.51. The van der Waals surface area contributed by atoms with Gasteiger partial charge >= 0.3 is 12.2 Å². The van der Waals surface area contributed by atoms with Crippen LogP contribution in [0.5, 0.6) is 0 Å². The Labute approximate surface area is 124 Å². The van der Waals surface area contributed by atoms with E-state index in [1.807, 2.05) is 32.9 Å². The van der Waals surface area contributed by atoms with E-state index in [4.69, 9.17) is 4.74 Å². The smallest absolute Gasteiger partial charge is 0.411 e. The molecular weight excluding hydrogens is 272 g/mol. The predicted octanol–water partition coefficient (Wildman–Crippen LogP) is 3.12. The fraction of sp³-hybridized carbons (Fsp3) is 0.467. The first-order valence-electron chi connectivity index (χ1n) is 6.73. The lowest BCUT2D eigenvalue weighted by molar-refractivity contribution is 0.0242. The molecule has 1 N–H and O–H groups in total. The van der Waals surface area contributed by atoms with Crippen LogP contribution in [0.25, 0.3) is 0 Å². The highest BCUT2D eigenvalue weighted by Crippen LogP contribution is 2.27. The van der Waals surface area contributed by atoms with Crippen LogP contribution in [-0.2, 0) is 22.6 Å². The van der Waals surface area contributed by atoms with E-state index in [0.29, 0.717) is 18.8 Å². The standard InChI is InChI=1S/C15H20N2O4/c1-15(2,3)21-14(19)17-8-10-5-6-12(7-11(10)9-17)16-13(18)20-4/h5-7H,8-9H2,1-4H3,(H,16,18). The quantitative estimate of drug-likeness (QED) is 0.863. The zero-order valence-electron chi connectivity index (χ0n) is 12.7. The third-order valence-electron chi connectivity index (χ3n) is 3.01. The Hall–Kier alpha value is -2.24. The number of hydrogen-bond acceptors (Lipinski definition) is 4. The average molecular weight is 292 g/mol. The first-order chi connectivity index (χ1) is 9.78. The lowest BCUT2D eigenvalue weighted by atomic mass is 10.1. The molecule has 2 rings (SSSR count).